The summed E-state index contributed by atoms with van der Waals surface area (Å²) in [5.41, 5.74) is 6.75. The van der Waals surface area contributed by atoms with Crippen LogP contribution in [0.4, 0.5) is 0 Å². The molecule has 0 aliphatic rings. The van der Waals surface area contributed by atoms with E-state index in [1.54, 1.807) is 30.0 Å². The number of rotatable bonds is 9. The lowest BCUT2D eigenvalue weighted by Crippen LogP contribution is -2.26. The first-order chi connectivity index (χ1) is 18.9. The molecule has 0 aliphatic carbocycles. The van der Waals surface area contributed by atoms with Crippen LogP contribution in [0.5, 0.6) is 0 Å². The lowest BCUT2D eigenvalue weighted by Gasteiger charge is -2.16. The van der Waals surface area contributed by atoms with Crippen molar-refractivity contribution in [2.75, 3.05) is 0 Å². The Morgan fingerprint density at radius 1 is 1.05 bits per heavy atom. The molecule has 9 heteroatoms. The molecule has 198 valence electrons. The molecular formula is C30H31N7O2. The van der Waals surface area contributed by atoms with Crippen molar-refractivity contribution < 1.29 is 4.79 Å². The second-order valence-electron chi connectivity index (χ2n) is 9.93. The van der Waals surface area contributed by atoms with Crippen molar-refractivity contribution in [1.82, 2.24) is 34.7 Å². The highest BCUT2D eigenvalue weighted by Crippen LogP contribution is 2.30. The Kier molecular flexibility index (Phi) is 7.31. The highest BCUT2D eigenvalue weighted by molar-refractivity contribution is 5.98. The molecule has 0 saturated carbocycles. The fourth-order valence-corrected chi connectivity index (χ4v) is 4.97. The number of ketones is 1. The summed E-state index contributed by atoms with van der Waals surface area (Å²) in [6.45, 7) is 8.22. The van der Waals surface area contributed by atoms with Gasteiger partial charge in [-0.15, -0.1) is 5.10 Å². The van der Waals surface area contributed by atoms with Crippen LogP contribution in [-0.4, -0.2) is 40.5 Å². The van der Waals surface area contributed by atoms with Gasteiger partial charge in [0.2, 0.25) is 0 Å². The van der Waals surface area contributed by atoms with Crippen LogP contribution >= 0.6 is 0 Å². The summed E-state index contributed by atoms with van der Waals surface area (Å²) >= 11 is 0. The number of H-pyrrole nitrogens is 1. The summed E-state index contributed by atoms with van der Waals surface area (Å²) in [4.78, 5) is 30.6. The van der Waals surface area contributed by atoms with E-state index in [0.29, 0.717) is 23.6 Å². The topological polar surface area (TPSA) is 111 Å². The van der Waals surface area contributed by atoms with Crippen molar-refractivity contribution in [3.05, 3.63) is 100.0 Å². The number of tetrazole rings is 1. The number of benzene rings is 2. The van der Waals surface area contributed by atoms with Crippen LogP contribution in [0.1, 0.15) is 67.2 Å². The third-order valence-electron chi connectivity index (χ3n) is 6.90. The van der Waals surface area contributed by atoms with E-state index >= 15 is 0 Å². The number of carbonyl (C=O) groups is 1. The van der Waals surface area contributed by atoms with E-state index < -0.39 is 0 Å². The van der Waals surface area contributed by atoms with Gasteiger partial charge in [-0.2, -0.15) is 0 Å². The van der Waals surface area contributed by atoms with E-state index in [4.69, 9.17) is 0 Å². The molecular weight excluding hydrogens is 490 g/mol. The zero-order valence-corrected chi connectivity index (χ0v) is 22.5. The molecule has 3 aromatic heterocycles. The Morgan fingerprint density at radius 2 is 1.85 bits per heavy atom. The van der Waals surface area contributed by atoms with Gasteiger partial charge in [-0.3, -0.25) is 18.9 Å². The molecule has 0 atom stereocenters. The summed E-state index contributed by atoms with van der Waals surface area (Å²) in [6, 6.07) is 15.7. The first-order valence-electron chi connectivity index (χ1n) is 13.1. The first-order valence-corrected chi connectivity index (χ1v) is 13.1. The zero-order chi connectivity index (χ0) is 27.5. The van der Waals surface area contributed by atoms with E-state index in [9.17, 15) is 9.59 Å². The van der Waals surface area contributed by atoms with Crippen molar-refractivity contribution >= 4 is 5.78 Å². The van der Waals surface area contributed by atoms with Gasteiger partial charge in [0.05, 0.1) is 12.2 Å². The number of imidazole rings is 1. The number of hydrogen-bond acceptors (Lipinski definition) is 6. The van der Waals surface area contributed by atoms with E-state index in [1.807, 2.05) is 53.2 Å². The standard InChI is InChI=1S/C30H31N7O2/c1-5-7-23-18-37(28-24(19(2)3)8-6-9-25(28)20(4)38)30(39)36(23)17-21-10-12-22(13-11-21)26-14-15-31-16-27(26)29-32-34-35-33-29/h6,8-16,18-19H,5,7,17H2,1-4H3,(H,32,33,34,35). The van der Waals surface area contributed by atoms with Crippen LogP contribution in [0.3, 0.4) is 0 Å². The van der Waals surface area contributed by atoms with E-state index in [0.717, 1.165) is 46.4 Å². The van der Waals surface area contributed by atoms with Crippen LogP contribution < -0.4 is 5.69 Å². The van der Waals surface area contributed by atoms with Gasteiger partial charge < -0.3 is 0 Å². The van der Waals surface area contributed by atoms with Crippen LogP contribution in [0.25, 0.3) is 28.2 Å². The van der Waals surface area contributed by atoms with Gasteiger partial charge in [0.1, 0.15) is 0 Å². The number of nitrogens with one attached hydrogen (secondary N) is 1. The highest BCUT2D eigenvalue weighted by Gasteiger charge is 2.21. The minimum atomic E-state index is -0.146. The molecule has 9 nitrogen and oxygen atoms in total. The Balaban J connectivity index is 1.53. The maximum Gasteiger partial charge on any atom is 0.333 e. The quantitative estimate of drug-likeness (QED) is 0.267. The molecule has 0 spiro atoms. The second kappa shape index (κ2) is 11.0. The predicted octanol–water partition coefficient (Wildman–Crippen LogP) is 5.21. The zero-order valence-electron chi connectivity index (χ0n) is 22.5. The number of aryl methyl sites for hydroxylation is 1. The number of aromatic nitrogens is 7. The molecule has 0 aliphatic heterocycles. The lowest BCUT2D eigenvalue weighted by atomic mass is 9.96. The van der Waals surface area contributed by atoms with Gasteiger partial charge in [-0.25, -0.2) is 9.89 Å². The third kappa shape index (κ3) is 5.07. The number of Topliss-reactive ketones (excluding diaryl/α,β-unsaturated/α-hetero) is 1. The summed E-state index contributed by atoms with van der Waals surface area (Å²) in [5, 5.41) is 14.2. The molecule has 0 fully saturated rings. The minimum absolute atomic E-state index is 0.0589. The largest absolute Gasteiger partial charge is 0.333 e. The fraction of sp³-hybridized carbons (Fsp3) is 0.267. The smallest absolute Gasteiger partial charge is 0.294 e. The minimum Gasteiger partial charge on any atom is -0.294 e. The van der Waals surface area contributed by atoms with Crippen molar-refractivity contribution in [1.29, 1.82) is 0 Å². The molecule has 0 bridgehead atoms. The molecule has 5 rings (SSSR count). The number of hydrogen-bond donors (Lipinski definition) is 1. The number of nitrogens with zero attached hydrogens (tertiary/aromatic N) is 6. The first kappa shape index (κ1) is 26.0. The molecule has 1 N–H and O–H groups in total. The van der Waals surface area contributed by atoms with E-state index in [2.05, 4.69) is 46.4 Å². The second-order valence-corrected chi connectivity index (χ2v) is 9.93. The predicted molar refractivity (Wildman–Crippen MR) is 150 cm³/mol. The SMILES string of the molecule is CCCc1cn(-c2c(C(C)=O)cccc2C(C)C)c(=O)n1Cc1ccc(-c2ccncc2-c2nnn[nH]2)cc1. The molecule has 0 amide bonds. The van der Waals surface area contributed by atoms with Crippen molar-refractivity contribution in [3.63, 3.8) is 0 Å². The summed E-state index contributed by atoms with van der Waals surface area (Å²) in [6.07, 6.45) is 7.03. The summed E-state index contributed by atoms with van der Waals surface area (Å²) in [5.74, 6) is 0.643. The molecule has 39 heavy (non-hydrogen) atoms. The highest BCUT2D eigenvalue weighted by atomic mass is 16.2. The van der Waals surface area contributed by atoms with Crippen molar-refractivity contribution in [2.24, 2.45) is 0 Å². The Bertz CT molecular complexity index is 1660. The summed E-state index contributed by atoms with van der Waals surface area (Å²) in [7, 11) is 0. The Labute approximate surface area is 226 Å². The van der Waals surface area contributed by atoms with E-state index in [-0.39, 0.29) is 17.4 Å². The maximum atomic E-state index is 13.9. The number of carbonyl (C=O) groups excluding carboxylic acids is 1. The lowest BCUT2D eigenvalue weighted by molar-refractivity contribution is 0.101. The number of para-hydroxylation sites is 1. The van der Waals surface area contributed by atoms with Gasteiger partial charge in [-0.05, 0) is 64.1 Å². The van der Waals surface area contributed by atoms with Crippen LogP contribution in [0.2, 0.25) is 0 Å². The normalized spacial score (nSPS) is 11.3. The average molecular weight is 522 g/mol. The molecule has 0 radical (unpaired) electrons. The molecule has 0 unspecified atom stereocenters. The Morgan fingerprint density at radius 3 is 2.51 bits per heavy atom. The van der Waals surface area contributed by atoms with E-state index in [1.165, 1.54) is 0 Å². The van der Waals surface area contributed by atoms with Crippen molar-refractivity contribution in [3.8, 4) is 28.2 Å². The Hall–Kier alpha value is -4.66. The molecule has 3 heterocycles. The molecule has 0 saturated heterocycles. The van der Waals surface area contributed by atoms with Gasteiger partial charge in [0, 0.05) is 35.4 Å². The summed E-state index contributed by atoms with van der Waals surface area (Å²) < 4.78 is 3.48. The number of aromatic amines is 1. The van der Waals surface area contributed by atoms with Crippen LogP contribution in [-0.2, 0) is 13.0 Å². The van der Waals surface area contributed by atoms with Crippen LogP contribution in [0, 0.1) is 0 Å². The fourth-order valence-electron chi connectivity index (χ4n) is 4.97. The van der Waals surface area contributed by atoms with Gasteiger partial charge >= 0.3 is 5.69 Å². The van der Waals surface area contributed by atoms with Crippen LogP contribution in [0.15, 0.2) is 71.9 Å². The van der Waals surface area contributed by atoms with Gasteiger partial charge in [-0.1, -0.05) is 63.6 Å². The van der Waals surface area contributed by atoms with Gasteiger partial charge in [0.25, 0.3) is 0 Å². The average Bonchev–Trinajstić information content (AvgIpc) is 3.58. The molecule has 5 aromatic rings. The number of pyridine rings is 1. The van der Waals surface area contributed by atoms with Crippen molar-refractivity contribution in [2.45, 2.75) is 53.0 Å². The molecule has 2 aromatic carbocycles. The monoisotopic (exact) mass is 521 g/mol. The maximum absolute atomic E-state index is 13.9. The third-order valence-corrected chi connectivity index (χ3v) is 6.90. The van der Waals surface area contributed by atoms with Gasteiger partial charge in [0.15, 0.2) is 11.6 Å².